The molecule has 1 aromatic heterocycles. The van der Waals surface area contributed by atoms with Crippen molar-refractivity contribution in [2.75, 3.05) is 37.0 Å². The number of aromatic amines is 1. The fraction of sp³-hybridized carbons (Fsp3) is 0.368. The van der Waals surface area contributed by atoms with Crippen LogP contribution in [0.15, 0.2) is 29.1 Å². The summed E-state index contributed by atoms with van der Waals surface area (Å²) in [5.41, 5.74) is 3.87. The summed E-state index contributed by atoms with van der Waals surface area (Å²) in [5, 5.41) is 0. The fourth-order valence-corrected chi connectivity index (χ4v) is 3.61. The van der Waals surface area contributed by atoms with Crippen LogP contribution in [0.2, 0.25) is 0 Å². The molecule has 0 saturated carbocycles. The summed E-state index contributed by atoms with van der Waals surface area (Å²) < 4.78 is 40.5. The number of hydrogen-bond acceptors (Lipinski definition) is 4. The third-order valence-corrected chi connectivity index (χ3v) is 4.78. The van der Waals surface area contributed by atoms with E-state index in [-0.39, 0.29) is 5.69 Å². The fourth-order valence-electron chi connectivity index (χ4n) is 3.61. The number of benzene rings is 1. The third-order valence-electron chi connectivity index (χ3n) is 4.78. The van der Waals surface area contributed by atoms with Crippen molar-refractivity contribution in [1.29, 1.82) is 0 Å². The first-order chi connectivity index (χ1) is 13.1. The molecule has 0 unspecified atom stereocenters. The van der Waals surface area contributed by atoms with Crippen LogP contribution in [0.4, 0.5) is 24.5 Å². The molecule has 0 bridgehead atoms. The Hall–Kier alpha value is -2.97. The van der Waals surface area contributed by atoms with Crippen LogP contribution < -0.4 is 21.1 Å². The molecule has 28 heavy (non-hydrogen) atoms. The molecule has 3 N–H and O–H groups in total. The Balaban J connectivity index is 2.39. The number of H-pyrrole nitrogens is 1. The second-order valence-electron chi connectivity index (χ2n) is 6.92. The molecule has 1 saturated heterocycles. The van der Waals surface area contributed by atoms with Gasteiger partial charge in [-0.15, -0.1) is 0 Å². The van der Waals surface area contributed by atoms with Gasteiger partial charge in [0.25, 0.3) is 5.91 Å². The molecule has 150 valence electrons. The Morgan fingerprint density at radius 2 is 1.86 bits per heavy atom. The Morgan fingerprint density at radius 3 is 2.39 bits per heavy atom. The van der Waals surface area contributed by atoms with Gasteiger partial charge in [0.2, 0.25) is 5.56 Å². The van der Waals surface area contributed by atoms with E-state index in [0.717, 1.165) is 31.6 Å². The van der Waals surface area contributed by atoms with E-state index in [1.165, 1.54) is 0 Å². The molecule has 1 amide bonds. The van der Waals surface area contributed by atoms with Crippen LogP contribution in [0, 0.1) is 0 Å². The Morgan fingerprint density at radius 1 is 1.21 bits per heavy atom. The van der Waals surface area contributed by atoms with E-state index in [4.69, 9.17) is 5.73 Å². The number of alkyl halides is 3. The number of nitrogens with two attached hydrogens (primary N) is 1. The summed E-state index contributed by atoms with van der Waals surface area (Å²) in [6.45, 7) is 1.46. The topological polar surface area (TPSA) is 82.4 Å². The summed E-state index contributed by atoms with van der Waals surface area (Å²) in [6, 6.07) is 5.48. The van der Waals surface area contributed by atoms with Crippen molar-refractivity contribution < 1.29 is 18.0 Å². The summed E-state index contributed by atoms with van der Waals surface area (Å²) in [4.78, 5) is 30.3. The SMILES string of the molecule is CN(C)c1cccc(-c2[nH]c(=O)cc(C(F)(F)F)c2C(N)=O)c1N1CCCC1. The molecule has 2 aromatic rings. The van der Waals surface area contributed by atoms with Crippen LogP contribution in [0.1, 0.15) is 28.8 Å². The highest BCUT2D eigenvalue weighted by atomic mass is 19.4. The third kappa shape index (κ3) is 3.56. The number of carbonyl (C=O) groups excluding carboxylic acids is 1. The summed E-state index contributed by atoms with van der Waals surface area (Å²) in [5.74, 6) is -1.25. The lowest BCUT2D eigenvalue weighted by Gasteiger charge is -2.28. The number of carbonyl (C=O) groups is 1. The highest BCUT2D eigenvalue weighted by Gasteiger charge is 2.38. The lowest BCUT2D eigenvalue weighted by atomic mass is 9.97. The van der Waals surface area contributed by atoms with Crippen molar-refractivity contribution >= 4 is 17.3 Å². The smallest absolute Gasteiger partial charge is 0.376 e. The zero-order valence-electron chi connectivity index (χ0n) is 15.6. The van der Waals surface area contributed by atoms with Gasteiger partial charge in [-0.05, 0) is 18.9 Å². The van der Waals surface area contributed by atoms with Gasteiger partial charge >= 0.3 is 6.18 Å². The van der Waals surface area contributed by atoms with Crippen molar-refractivity contribution in [2.24, 2.45) is 5.73 Å². The van der Waals surface area contributed by atoms with E-state index < -0.39 is 28.8 Å². The quantitative estimate of drug-likeness (QED) is 0.836. The number of anilines is 2. The van der Waals surface area contributed by atoms with Crippen molar-refractivity contribution in [3.05, 3.63) is 45.7 Å². The first-order valence-electron chi connectivity index (χ1n) is 8.81. The Labute approximate surface area is 159 Å². The zero-order chi connectivity index (χ0) is 20.6. The number of nitrogens with zero attached hydrogens (tertiary/aromatic N) is 2. The van der Waals surface area contributed by atoms with Crippen LogP contribution >= 0.6 is 0 Å². The monoisotopic (exact) mass is 394 g/mol. The molecule has 0 atom stereocenters. The molecule has 6 nitrogen and oxygen atoms in total. The lowest BCUT2D eigenvalue weighted by Crippen LogP contribution is -2.26. The van der Waals surface area contributed by atoms with Gasteiger partial charge in [0.1, 0.15) is 0 Å². The molecule has 0 aliphatic carbocycles. The van der Waals surface area contributed by atoms with E-state index in [0.29, 0.717) is 17.3 Å². The maximum atomic E-state index is 13.5. The van der Waals surface area contributed by atoms with Gasteiger partial charge < -0.3 is 20.5 Å². The van der Waals surface area contributed by atoms with Crippen molar-refractivity contribution in [3.8, 4) is 11.3 Å². The summed E-state index contributed by atoms with van der Waals surface area (Å²) >= 11 is 0. The van der Waals surface area contributed by atoms with Gasteiger partial charge in [-0.25, -0.2) is 0 Å². The zero-order valence-corrected chi connectivity index (χ0v) is 15.6. The second kappa shape index (κ2) is 7.21. The number of nitrogens with one attached hydrogen (secondary N) is 1. The van der Waals surface area contributed by atoms with Gasteiger partial charge in [0.05, 0.1) is 28.2 Å². The molecule has 2 heterocycles. The lowest BCUT2D eigenvalue weighted by molar-refractivity contribution is -0.138. The van der Waals surface area contributed by atoms with E-state index in [1.807, 2.05) is 30.0 Å². The number of hydrogen-bond donors (Lipinski definition) is 2. The Kier molecular flexibility index (Phi) is 5.10. The van der Waals surface area contributed by atoms with Crippen LogP contribution in [0.3, 0.4) is 0 Å². The Bertz CT molecular complexity index is 961. The van der Waals surface area contributed by atoms with E-state index in [9.17, 15) is 22.8 Å². The van der Waals surface area contributed by atoms with Crippen LogP contribution in [-0.2, 0) is 6.18 Å². The number of primary amides is 1. The average Bonchev–Trinajstić information content (AvgIpc) is 3.13. The summed E-state index contributed by atoms with van der Waals surface area (Å²) in [6.07, 6.45) is -2.99. The molecule has 0 radical (unpaired) electrons. The number of pyridine rings is 1. The standard InChI is InChI=1S/C19H21F3N4O2/c1-25(2)13-7-5-6-11(17(13)26-8-3-4-9-26)16-15(18(23)28)12(19(20,21)22)10-14(27)24-16/h5-7,10H,3-4,8-9H2,1-2H3,(H2,23,28)(H,24,27). The maximum absolute atomic E-state index is 13.5. The van der Waals surface area contributed by atoms with Crippen LogP contribution in [0.25, 0.3) is 11.3 Å². The van der Waals surface area contributed by atoms with E-state index >= 15 is 0 Å². The molecular weight excluding hydrogens is 373 g/mol. The molecule has 1 aromatic carbocycles. The minimum absolute atomic E-state index is 0.210. The minimum Gasteiger partial charge on any atom is -0.376 e. The van der Waals surface area contributed by atoms with E-state index in [2.05, 4.69) is 4.98 Å². The number of halogens is 3. The number of rotatable bonds is 4. The molecule has 9 heteroatoms. The predicted molar refractivity (Wildman–Crippen MR) is 102 cm³/mol. The van der Waals surface area contributed by atoms with Gasteiger partial charge in [0, 0.05) is 38.8 Å². The first kappa shape index (κ1) is 19.8. The highest BCUT2D eigenvalue weighted by Crippen LogP contribution is 2.42. The molecule has 0 spiro atoms. The van der Waals surface area contributed by atoms with Crippen LogP contribution in [-0.4, -0.2) is 38.1 Å². The molecular formula is C19H21F3N4O2. The molecule has 1 aliphatic rings. The highest BCUT2D eigenvalue weighted by molar-refractivity contribution is 6.03. The second-order valence-corrected chi connectivity index (χ2v) is 6.92. The first-order valence-corrected chi connectivity index (χ1v) is 8.81. The van der Waals surface area contributed by atoms with E-state index in [1.54, 1.807) is 12.1 Å². The molecule has 3 rings (SSSR count). The van der Waals surface area contributed by atoms with Crippen molar-refractivity contribution in [3.63, 3.8) is 0 Å². The number of para-hydroxylation sites is 1. The largest absolute Gasteiger partial charge is 0.417 e. The summed E-state index contributed by atoms with van der Waals surface area (Å²) in [7, 11) is 3.64. The molecule has 1 aliphatic heterocycles. The van der Waals surface area contributed by atoms with Gasteiger partial charge in [0.15, 0.2) is 0 Å². The predicted octanol–water partition coefficient (Wildman–Crippen LogP) is 2.83. The van der Waals surface area contributed by atoms with Crippen molar-refractivity contribution in [1.82, 2.24) is 4.98 Å². The average molecular weight is 394 g/mol. The number of amides is 1. The van der Waals surface area contributed by atoms with Crippen LogP contribution in [0.5, 0.6) is 0 Å². The maximum Gasteiger partial charge on any atom is 0.417 e. The van der Waals surface area contributed by atoms with Gasteiger partial charge in [-0.1, -0.05) is 12.1 Å². The van der Waals surface area contributed by atoms with Gasteiger partial charge in [-0.3, -0.25) is 9.59 Å². The molecule has 1 fully saturated rings. The van der Waals surface area contributed by atoms with Crippen molar-refractivity contribution in [2.45, 2.75) is 19.0 Å². The normalized spacial score (nSPS) is 14.4. The van der Waals surface area contributed by atoms with Gasteiger partial charge in [-0.2, -0.15) is 13.2 Å². The number of aromatic nitrogens is 1. The minimum atomic E-state index is -4.89.